The molecule has 0 saturated carbocycles. The van der Waals surface area contributed by atoms with E-state index in [1.54, 1.807) is 4.52 Å². The summed E-state index contributed by atoms with van der Waals surface area (Å²) in [5.41, 5.74) is 7.02. The van der Waals surface area contributed by atoms with Crippen molar-refractivity contribution in [1.29, 1.82) is 0 Å². The Morgan fingerprint density at radius 1 is 0.769 bits per heavy atom. The molecule has 3 aromatic carbocycles. The molecule has 8 nitrogen and oxygen atoms in total. The highest BCUT2D eigenvalue weighted by atomic mass is 16.2. The SMILES string of the molecule is Cc1ccc(C(=O)N2CCN(c3ccc(Nc4cc(C)nc5nc(-c6ccc(C)cc6)nn45)cc3)CC2)cc1. The van der Waals surface area contributed by atoms with E-state index in [0.717, 1.165) is 52.7 Å². The molecule has 1 amide bonds. The number of fused-ring (bicyclic) bond motifs is 1. The summed E-state index contributed by atoms with van der Waals surface area (Å²) in [7, 11) is 0. The summed E-state index contributed by atoms with van der Waals surface area (Å²) >= 11 is 0. The topological polar surface area (TPSA) is 78.7 Å². The monoisotopic (exact) mass is 517 g/mol. The molecule has 0 bridgehead atoms. The van der Waals surface area contributed by atoms with Gasteiger partial charge in [0.2, 0.25) is 0 Å². The summed E-state index contributed by atoms with van der Waals surface area (Å²) in [6, 6.07) is 26.3. The van der Waals surface area contributed by atoms with Crippen LogP contribution < -0.4 is 10.2 Å². The summed E-state index contributed by atoms with van der Waals surface area (Å²) in [5, 5.41) is 8.21. The molecular formula is C31H31N7O. The summed E-state index contributed by atoms with van der Waals surface area (Å²) in [5.74, 6) is 2.11. The molecule has 1 saturated heterocycles. The number of amides is 1. The lowest BCUT2D eigenvalue weighted by atomic mass is 10.1. The van der Waals surface area contributed by atoms with Gasteiger partial charge in [0.05, 0.1) is 0 Å². The molecule has 1 fully saturated rings. The van der Waals surface area contributed by atoms with Gasteiger partial charge in [-0.05, 0) is 57.2 Å². The van der Waals surface area contributed by atoms with Crippen LogP contribution in [0.4, 0.5) is 17.2 Å². The Kier molecular flexibility index (Phi) is 6.44. The molecular weight excluding hydrogens is 486 g/mol. The van der Waals surface area contributed by atoms with Crippen LogP contribution in [-0.4, -0.2) is 56.6 Å². The first-order valence-electron chi connectivity index (χ1n) is 13.2. The zero-order valence-corrected chi connectivity index (χ0v) is 22.4. The number of anilines is 3. The predicted octanol–water partition coefficient (Wildman–Crippen LogP) is 5.42. The van der Waals surface area contributed by atoms with E-state index in [2.05, 4.69) is 63.5 Å². The number of carbonyl (C=O) groups excluding carboxylic acids is 1. The lowest BCUT2D eigenvalue weighted by Crippen LogP contribution is -2.48. The Labute approximate surface area is 227 Å². The third kappa shape index (κ3) is 5.18. The van der Waals surface area contributed by atoms with Crippen molar-refractivity contribution in [2.45, 2.75) is 20.8 Å². The number of aromatic nitrogens is 4. The second-order valence-corrected chi connectivity index (χ2v) is 10.1. The van der Waals surface area contributed by atoms with Gasteiger partial charge in [-0.3, -0.25) is 4.79 Å². The minimum Gasteiger partial charge on any atom is -0.368 e. The van der Waals surface area contributed by atoms with Crippen molar-refractivity contribution in [3.05, 3.63) is 101 Å². The van der Waals surface area contributed by atoms with Gasteiger partial charge in [0.25, 0.3) is 11.7 Å². The van der Waals surface area contributed by atoms with Crippen LogP contribution in [0, 0.1) is 20.8 Å². The maximum atomic E-state index is 12.9. The van der Waals surface area contributed by atoms with E-state index >= 15 is 0 Å². The Hall–Kier alpha value is -4.72. The first kappa shape index (κ1) is 24.6. The minimum absolute atomic E-state index is 0.104. The molecule has 6 rings (SSSR count). The quantitative estimate of drug-likeness (QED) is 0.335. The number of nitrogens with zero attached hydrogens (tertiary/aromatic N) is 6. The van der Waals surface area contributed by atoms with E-state index in [4.69, 9.17) is 5.10 Å². The minimum atomic E-state index is 0.104. The maximum absolute atomic E-state index is 12.9. The van der Waals surface area contributed by atoms with E-state index in [1.807, 2.05) is 61.2 Å². The Morgan fingerprint density at radius 3 is 2.08 bits per heavy atom. The van der Waals surface area contributed by atoms with Crippen molar-refractivity contribution in [3.8, 4) is 11.4 Å². The molecule has 39 heavy (non-hydrogen) atoms. The summed E-state index contributed by atoms with van der Waals surface area (Å²) in [6.07, 6.45) is 0. The van der Waals surface area contributed by atoms with Crippen molar-refractivity contribution in [1.82, 2.24) is 24.5 Å². The second kappa shape index (κ2) is 10.2. The normalized spacial score (nSPS) is 13.6. The van der Waals surface area contributed by atoms with Gasteiger partial charge in [-0.25, -0.2) is 4.98 Å². The highest BCUT2D eigenvalue weighted by molar-refractivity contribution is 5.94. The number of rotatable bonds is 5. The van der Waals surface area contributed by atoms with Gasteiger partial charge in [0.15, 0.2) is 5.82 Å². The van der Waals surface area contributed by atoms with E-state index in [9.17, 15) is 4.79 Å². The van der Waals surface area contributed by atoms with Crippen LogP contribution in [0.15, 0.2) is 78.9 Å². The zero-order valence-electron chi connectivity index (χ0n) is 22.4. The largest absolute Gasteiger partial charge is 0.368 e. The highest BCUT2D eigenvalue weighted by Gasteiger charge is 2.22. The van der Waals surface area contributed by atoms with Crippen molar-refractivity contribution in [2.75, 3.05) is 36.4 Å². The van der Waals surface area contributed by atoms with Crippen molar-refractivity contribution < 1.29 is 4.79 Å². The fraction of sp³-hybridized carbons (Fsp3) is 0.226. The van der Waals surface area contributed by atoms with Gasteiger partial charge < -0.3 is 15.1 Å². The highest BCUT2D eigenvalue weighted by Crippen LogP contribution is 2.25. The molecule has 5 aromatic rings. The summed E-state index contributed by atoms with van der Waals surface area (Å²) in [4.78, 5) is 26.4. The van der Waals surface area contributed by atoms with Crippen LogP contribution in [0.25, 0.3) is 17.2 Å². The first-order valence-corrected chi connectivity index (χ1v) is 13.2. The van der Waals surface area contributed by atoms with Crippen LogP contribution in [0.5, 0.6) is 0 Å². The fourth-order valence-electron chi connectivity index (χ4n) is 4.85. The smallest absolute Gasteiger partial charge is 0.254 e. The molecule has 0 spiro atoms. The van der Waals surface area contributed by atoms with Crippen LogP contribution in [0.1, 0.15) is 27.2 Å². The first-order chi connectivity index (χ1) is 18.9. The van der Waals surface area contributed by atoms with Gasteiger partial charge >= 0.3 is 0 Å². The third-order valence-corrected chi connectivity index (χ3v) is 7.12. The number of nitrogens with one attached hydrogen (secondary N) is 1. The number of hydrogen-bond donors (Lipinski definition) is 1. The third-order valence-electron chi connectivity index (χ3n) is 7.12. The molecule has 1 aliphatic heterocycles. The molecule has 2 aromatic heterocycles. The van der Waals surface area contributed by atoms with E-state index < -0.39 is 0 Å². The maximum Gasteiger partial charge on any atom is 0.254 e. The standard InChI is InChI=1S/C31H31N7O/c1-21-4-8-24(9-5-21)29-34-31-32-23(3)20-28(38(31)35-29)33-26-12-14-27(15-13-26)36-16-18-37(19-17-36)30(39)25-10-6-22(2)7-11-25/h4-15,20,33H,16-19H2,1-3H3. The average molecular weight is 518 g/mol. The second-order valence-electron chi connectivity index (χ2n) is 10.1. The molecule has 3 heterocycles. The molecule has 1 N–H and O–H groups in total. The lowest BCUT2D eigenvalue weighted by Gasteiger charge is -2.36. The molecule has 196 valence electrons. The molecule has 0 radical (unpaired) electrons. The summed E-state index contributed by atoms with van der Waals surface area (Å²) < 4.78 is 1.75. The van der Waals surface area contributed by atoms with E-state index in [0.29, 0.717) is 24.7 Å². The number of hydrogen-bond acceptors (Lipinski definition) is 6. The molecule has 0 atom stereocenters. The Morgan fingerprint density at radius 2 is 1.41 bits per heavy atom. The van der Waals surface area contributed by atoms with Gasteiger partial charge in [-0.2, -0.15) is 9.50 Å². The molecule has 8 heteroatoms. The van der Waals surface area contributed by atoms with Gasteiger partial charge in [-0.15, -0.1) is 5.10 Å². The van der Waals surface area contributed by atoms with Gasteiger partial charge in [0, 0.05) is 60.4 Å². The van der Waals surface area contributed by atoms with Crippen molar-refractivity contribution in [3.63, 3.8) is 0 Å². The van der Waals surface area contributed by atoms with E-state index in [-0.39, 0.29) is 5.91 Å². The predicted molar refractivity (Wildman–Crippen MR) is 155 cm³/mol. The van der Waals surface area contributed by atoms with Crippen LogP contribution >= 0.6 is 0 Å². The Balaban J connectivity index is 1.14. The summed E-state index contributed by atoms with van der Waals surface area (Å²) in [6.45, 7) is 9.06. The average Bonchev–Trinajstić information content (AvgIpc) is 3.38. The number of aryl methyl sites for hydroxylation is 3. The molecule has 0 unspecified atom stereocenters. The number of benzene rings is 3. The molecule has 1 aliphatic rings. The van der Waals surface area contributed by atoms with Crippen LogP contribution in [0.3, 0.4) is 0 Å². The number of piperazine rings is 1. The van der Waals surface area contributed by atoms with Crippen LogP contribution in [-0.2, 0) is 0 Å². The fourth-order valence-corrected chi connectivity index (χ4v) is 4.85. The van der Waals surface area contributed by atoms with Crippen molar-refractivity contribution in [2.24, 2.45) is 0 Å². The molecule has 0 aliphatic carbocycles. The van der Waals surface area contributed by atoms with Gasteiger partial charge in [0.1, 0.15) is 5.82 Å². The van der Waals surface area contributed by atoms with E-state index in [1.165, 1.54) is 5.56 Å². The van der Waals surface area contributed by atoms with Gasteiger partial charge in [-0.1, -0.05) is 47.5 Å². The number of carbonyl (C=O) groups is 1. The Bertz CT molecular complexity index is 1620. The zero-order chi connectivity index (χ0) is 26.9. The lowest BCUT2D eigenvalue weighted by molar-refractivity contribution is 0.0747. The van der Waals surface area contributed by atoms with Crippen LogP contribution in [0.2, 0.25) is 0 Å². The van der Waals surface area contributed by atoms with Crippen molar-refractivity contribution >= 4 is 28.9 Å².